The largest absolute Gasteiger partial charge is 0.344 e. The second kappa shape index (κ2) is 5.28. The van der Waals surface area contributed by atoms with E-state index in [1.165, 1.54) is 7.05 Å². The number of carbonyl (C=O) groups is 3. The molecule has 1 unspecified atom stereocenters. The van der Waals surface area contributed by atoms with Gasteiger partial charge in [0.25, 0.3) is 5.91 Å². The number of nitrogens with two attached hydrogens (primary N) is 1. The van der Waals surface area contributed by atoms with Crippen LogP contribution in [0.4, 0.5) is 0 Å². The summed E-state index contributed by atoms with van der Waals surface area (Å²) in [5.74, 6) is -0.714. The molecule has 3 N–H and O–H groups in total. The van der Waals surface area contributed by atoms with Crippen LogP contribution in [0.2, 0.25) is 0 Å². The first kappa shape index (κ1) is 14.0. The van der Waals surface area contributed by atoms with Crippen LogP contribution >= 0.6 is 0 Å². The van der Waals surface area contributed by atoms with Gasteiger partial charge < -0.3 is 11.1 Å². The Hall–Kier alpha value is -1.43. The minimum atomic E-state index is -0.583. The van der Waals surface area contributed by atoms with Crippen LogP contribution in [0.1, 0.15) is 44.9 Å². The summed E-state index contributed by atoms with van der Waals surface area (Å²) in [5.41, 5.74) is 5.73. The summed E-state index contributed by atoms with van der Waals surface area (Å²) in [6, 6.07) is -0.583. The van der Waals surface area contributed by atoms with E-state index in [9.17, 15) is 14.4 Å². The van der Waals surface area contributed by atoms with Gasteiger partial charge in [0, 0.05) is 25.4 Å². The average Bonchev–Trinajstić information content (AvgIpc) is 2.76. The van der Waals surface area contributed by atoms with Gasteiger partial charge in [0.2, 0.25) is 11.8 Å². The van der Waals surface area contributed by atoms with Crippen LogP contribution < -0.4 is 11.1 Å². The van der Waals surface area contributed by atoms with E-state index >= 15 is 0 Å². The number of piperidine rings is 1. The molecule has 1 saturated carbocycles. The number of nitrogens with one attached hydrogen (secondary N) is 1. The molecule has 2 rings (SSSR count). The van der Waals surface area contributed by atoms with Crippen molar-refractivity contribution in [1.29, 1.82) is 0 Å². The van der Waals surface area contributed by atoms with Crippen LogP contribution in [0.3, 0.4) is 0 Å². The standard InChI is InChI=1S/C13H21N3O3/c1-16-11(18)5-4-9(12(16)19)15-10(17)8-13(14)6-2-3-7-13/h9H,2-8,14H2,1H3,(H,15,17). The van der Waals surface area contributed by atoms with Crippen LogP contribution in [0.25, 0.3) is 0 Å². The van der Waals surface area contributed by atoms with Gasteiger partial charge in [-0.25, -0.2) is 0 Å². The highest BCUT2D eigenvalue weighted by molar-refractivity contribution is 6.01. The summed E-state index contributed by atoms with van der Waals surface area (Å²) in [7, 11) is 1.45. The molecule has 19 heavy (non-hydrogen) atoms. The summed E-state index contributed by atoms with van der Waals surface area (Å²) in [5, 5.41) is 2.71. The molecule has 0 bridgehead atoms. The van der Waals surface area contributed by atoms with E-state index < -0.39 is 11.6 Å². The lowest BCUT2D eigenvalue weighted by atomic mass is 9.94. The van der Waals surface area contributed by atoms with Crippen molar-refractivity contribution < 1.29 is 14.4 Å². The zero-order chi connectivity index (χ0) is 14.0. The van der Waals surface area contributed by atoms with E-state index in [0.717, 1.165) is 30.6 Å². The number of likely N-dealkylation sites (tertiary alicyclic amines) is 1. The number of hydrogen-bond acceptors (Lipinski definition) is 4. The summed E-state index contributed by atoms with van der Waals surface area (Å²) in [4.78, 5) is 36.2. The van der Waals surface area contributed by atoms with Crippen molar-refractivity contribution >= 4 is 17.7 Å². The van der Waals surface area contributed by atoms with Gasteiger partial charge in [-0.2, -0.15) is 0 Å². The van der Waals surface area contributed by atoms with Crippen LogP contribution in [-0.2, 0) is 14.4 Å². The van der Waals surface area contributed by atoms with Crippen molar-refractivity contribution in [3.8, 4) is 0 Å². The monoisotopic (exact) mass is 267 g/mol. The van der Waals surface area contributed by atoms with E-state index in [1.54, 1.807) is 0 Å². The maximum atomic E-state index is 12.0. The van der Waals surface area contributed by atoms with Gasteiger partial charge in [-0.15, -0.1) is 0 Å². The molecule has 0 aromatic carbocycles. The average molecular weight is 267 g/mol. The van der Waals surface area contributed by atoms with E-state index in [4.69, 9.17) is 5.73 Å². The fourth-order valence-corrected chi connectivity index (χ4v) is 2.87. The van der Waals surface area contributed by atoms with Crippen LogP contribution in [0.5, 0.6) is 0 Å². The predicted molar refractivity (Wildman–Crippen MR) is 68.9 cm³/mol. The Balaban J connectivity index is 1.88. The molecule has 0 radical (unpaired) electrons. The van der Waals surface area contributed by atoms with Crippen molar-refractivity contribution in [2.75, 3.05) is 7.05 Å². The van der Waals surface area contributed by atoms with Crippen LogP contribution in [0, 0.1) is 0 Å². The van der Waals surface area contributed by atoms with Crippen LogP contribution in [0.15, 0.2) is 0 Å². The lowest BCUT2D eigenvalue weighted by molar-refractivity contribution is -0.149. The van der Waals surface area contributed by atoms with Crippen molar-refractivity contribution in [2.24, 2.45) is 5.73 Å². The fraction of sp³-hybridized carbons (Fsp3) is 0.769. The van der Waals surface area contributed by atoms with E-state index in [2.05, 4.69) is 5.32 Å². The number of rotatable bonds is 3. The molecule has 0 aromatic rings. The topological polar surface area (TPSA) is 92.5 Å². The first-order valence-corrected chi connectivity index (χ1v) is 6.80. The maximum absolute atomic E-state index is 12.0. The highest BCUT2D eigenvalue weighted by Crippen LogP contribution is 2.30. The molecule has 1 heterocycles. The Labute approximate surface area is 112 Å². The summed E-state index contributed by atoms with van der Waals surface area (Å²) in [6.07, 6.45) is 4.77. The third-order valence-electron chi connectivity index (χ3n) is 4.10. The van der Waals surface area contributed by atoms with Gasteiger partial charge >= 0.3 is 0 Å². The Morgan fingerprint density at radius 2 is 2.05 bits per heavy atom. The molecule has 3 amide bonds. The van der Waals surface area contributed by atoms with Crippen LogP contribution in [-0.4, -0.2) is 41.2 Å². The van der Waals surface area contributed by atoms with Crippen molar-refractivity contribution in [1.82, 2.24) is 10.2 Å². The molecular weight excluding hydrogens is 246 g/mol. The van der Waals surface area contributed by atoms with Gasteiger partial charge in [-0.3, -0.25) is 19.3 Å². The lowest BCUT2D eigenvalue weighted by Crippen LogP contribution is -2.54. The lowest BCUT2D eigenvalue weighted by Gasteiger charge is -2.29. The number of imide groups is 1. The summed E-state index contributed by atoms with van der Waals surface area (Å²) >= 11 is 0. The van der Waals surface area contributed by atoms with E-state index in [-0.39, 0.29) is 24.1 Å². The number of amides is 3. The quantitative estimate of drug-likeness (QED) is 0.699. The Kier molecular flexibility index (Phi) is 3.89. The number of nitrogens with zero attached hydrogens (tertiary/aromatic N) is 1. The molecule has 1 atom stereocenters. The summed E-state index contributed by atoms with van der Waals surface area (Å²) in [6.45, 7) is 0. The molecular formula is C13H21N3O3. The molecule has 106 valence electrons. The zero-order valence-electron chi connectivity index (χ0n) is 11.3. The van der Waals surface area contributed by atoms with Crippen molar-refractivity contribution in [2.45, 2.75) is 56.5 Å². The highest BCUT2D eigenvalue weighted by atomic mass is 16.2. The second-order valence-electron chi connectivity index (χ2n) is 5.70. The van der Waals surface area contributed by atoms with Gasteiger partial charge in [-0.1, -0.05) is 12.8 Å². The van der Waals surface area contributed by atoms with Gasteiger partial charge in [0.1, 0.15) is 6.04 Å². The Bertz CT molecular complexity index is 402. The number of hydrogen-bond donors (Lipinski definition) is 2. The van der Waals surface area contributed by atoms with Gasteiger partial charge in [0.15, 0.2) is 0 Å². The third kappa shape index (κ3) is 3.12. The van der Waals surface area contributed by atoms with Gasteiger partial charge in [-0.05, 0) is 19.3 Å². The molecule has 2 fully saturated rings. The number of carbonyl (C=O) groups excluding carboxylic acids is 3. The fourth-order valence-electron chi connectivity index (χ4n) is 2.87. The van der Waals surface area contributed by atoms with E-state index in [0.29, 0.717) is 12.8 Å². The molecule has 6 heteroatoms. The second-order valence-corrected chi connectivity index (χ2v) is 5.70. The molecule has 0 aromatic heterocycles. The minimum Gasteiger partial charge on any atom is -0.344 e. The highest BCUT2D eigenvalue weighted by Gasteiger charge is 2.35. The first-order valence-electron chi connectivity index (χ1n) is 6.80. The molecule has 1 saturated heterocycles. The van der Waals surface area contributed by atoms with E-state index in [1.807, 2.05) is 0 Å². The maximum Gasteiger partial charge on any atom is 0.251 e. The summed E-state index contributed by atoms with van der Waals surface area (Å²) < 4.78 is 0. The number of likely N-dealkylation sites (N-methyl/N-ethyl adjacent to an activating group) is 1. The smallest absolute Gasteiger partial charge is 0.251 e. The Morgan fingerprint density at radius 3 is 2.68 bits per heavy atom. The van der Waals surface area contributed by atoms with Crippen molar-refractivity contribution in [3.05, 3.63) is 0 Å². The van der Waals surface area contributed by atoms with Gasteiger partial charge in [0.05, 0.1) is 0 Å². The SMILES string of the molecule is CN1C(=O)CCC(NC(=O)CC2(N)CCCC2)C1=O. The molecule has 2 aliphatic rings. The third-order valence-corrected chi connectivity index (χ3v) is 4.10. The first-order chi connectivity index (χ1) is 8.91. The zero-order valence-corrected chi connectivity index (χ0v) is 11.3. The normalized spacial score (nSPS) is 26.6. The molecule has 1 aliphatic heterocycles. The molecule has 6 nitrogen and oxygen atoms in total. The molecule has 1 aliphatic carbocycles. The predicted octanol–water partition coefficient (Wildman–Crippen LogP) is -0.0884. The Morgan fingerprint density at radius 1 is 1.42 bits per heavy atom. The van der Waals surface area contributed by atoms with Crippen molar-refractivity contribution in [3.63, 3.8) is 0 Å². The molecule has 0 spiro atoms. The minimum absolute atomic E-state index is 0.189.